The van der Waals surface area contributed by atoms with E-state index < -0.39 is 5.54 Å². The Morgan fingerprint density at radius 2 is 2.44 bits per heavy atom. The molecule has 2 heterocycles. The van der Waals surface area contributed by atoms with E-state index in [1.165, 1.54) is 0 Å². The number of cyclic esters (lactones) is 1. The topological polar surface area (TPSA) is 70.7 Å². The first-order chi connectivity index (χ1) is 8.50. The van der Waals surface area contributed by atoms with Crippen molar-refractivity contribution in [2.45, 2.75) is 25.4 Å². The number of carbonyl (C=O) groups is 2. The second-order valence-electron chi connectivity index (χ2n) is 5.07. The minimum Gasteiger partial charge on any atom is -0.448 e. The maximum Gasteiger partial charge on any atom is 0.410 e. The Balaban J connectivity index is 1.84. The summed E-state index contributed by atoms with van der Waals surface area (Å²) in [7, 11) is 0. The molecule has 2 amide bonds. The van der Waals surface area contributed by atoms with Crippen LogP contribution in [0.25, 0.3) is 0 Å². The molecule has 0 spiro atoms. The van der Waals surface area contributed by atoms with E-state index in [9.17, 15) is 9.59 Å². The number of nitrogens with one attached hydrogen (secondary N) is 2. The summed E-state index contributed by atoms with van der Waals surface area (Å²) < 4.78 is 4.92. The molecule has 2 saturated heterocycles. The number of hydrogen-bond acceptors (Lipinski definition) is 5. The number of ether oxygens (including phenoxy) is 1. The van der Waals surface area contributed by atoms with Crippen molar-refractivity contribution in [3.8, 4) is 0 Å². The molecule has 0 bridgehead atoms. The first-order valence-corrected chi connectivity index (χ1v) is 7.19. The van der Waals surface area contributed by atoms with Crippen LogP contribution in [0.3, 0.4) is 0 Å². The Kier molecular flexibility index (Phi) is 4.01. The smallest absolute Gasteiger partial charge is 0.410 e. The molecule has 1 atom stereocenters. The molecular weight excluding hydrogens is 254 g/mol. The first kappa shape index (κ1) is 13.5. The minimum atomic E-state index is -0.422. The highest BCUT2D eigenvalue weighted by atomic mass is 32.2. The van der Waals surface area contributed by atoms with Gasteiger partial charge in [0.25, 0.3) is 0 Å². The third-order valence-electron chi connectivity index (χ3n) is 3.22. The number of rotatable bonds is 4. The van der Waals surface area contributed by atoms with Gasteiger partial charge in [-0.15, -0.1) is 11.8 Å². The maximum atomic E-state index is 11.9. The minimum absolute atomic E-state index is 0.000592. The van der Waals surface area contributed by atoms with Gasteiger partial charge in [-0.2, -0.15) is 0 Å². The molecule has 0 aromatic carbocycles. The van der Waals surface area contributed by atoms with Gasteiger partial charge in [0.2, 0.25) is 5.91 Å². The van der Waals surface area contributed by atoms with Crippen molar-refractivity contribution in [2.24, 2.45) is 0 Å². The van der Waals surface area contributed by atoms with Crippen molar-refractivity contribution in [1.82, 2.24) is 15.5 Å². The van der Waals surface area contributed by atoms with Crippen LogP contribution in [0.2, 0.25) is 0 Å². The van der Waals surface area contributed by atoms with Crippen LogP contribution in [0.5, 0.6) is 0 Å². The number of nitrogens with zero attached hydrogens (tertiary/aromatic N) is 1. The van der Waals surface area contributed by atoms with E-state index in [4.69, 9.17) is 4.74 Å². The maximum absolute atomic E-state index is 11.9. The molecule has 1 unspecified atom stereocenters. The Labute approximate surface area is 111 Å². The van der Waals surface area contributed by atoms with E-state index >= 15 is 0 Å². The Hall–Kier alpha value is -0.950. The van der Waals surface area contributed by atoms with Gasteiger partial charge in [0, 0.05) is 18.2 Å². The van der Waals surface area contributed by atoms with Gasteiger partial charge in [-0.05, 0) is 13.8 Å². The Morgan fingerprint density at radius 3 is 3.00 bits per heavy atom. The number of hydrogen-bond donors (Lipinski definition) is 2. The molecule has 2 rings (SSSR count). The van der Waals surface area contributed by atoms with E-state index in [0.29, 0.717) is 19.7 Å². The van der Waals surface area contributed by atoms with E-state index in [-0.39, 0.29) is 18.0 Å². The van der Waals surface area contributed by atoms with E-state index in [2.05, 4.69) is 10.6 Å². The second-order valence-corrected chi connectivity index (χ2v) is 6.10. The second kappa shape index (κ2) is 5.36. The summed E-state index contributed by atoms with van der Waals surface area (Å²) in [6.07, 6.45) is -0.302. The van der Waals surface area contributed by atoms with E-state index in [1.54, 1.807) is 16.7 Å². The lowest BCUT2D eigenvalue weighted by atomic mass is 10.0. The van der Waals surface area contributed by atoms with Crippen LogP contribution in [0.4, 0.5) is 4.79 Å². The predicted molar refractivity (Wildman–Crippen MR) is 69.4 cm³/mol. The highest BCUT2D eigenvalue weighted by molar-refractivity contribution is 7.99. The highest BCUT2D eigenvalue weighted by Gasteiger charge is 2.36. The van der Waals surface area contributed by atoms with Gasteiger partial charge in [-0.1, -0.05) is 0 Å². The van der Waals surface area contributed by atoms with Crippen molar-refractivity contribution < 1.29 is 14.3 Å². The van der Waals surface area contributed by atoms with Gasteiger partial charge in [-0.3, -0.25) is 15.0 Å². The van der Waals surface area contributed by atoms with Crippen molar-refractivity contribution in [3.05, 3.63) is 0 Å². The summed E-state index contributed by atoms with van der Waals surface area (Å²) in [4.78, 5) is 25.0. The van der Waals surface area contributed by atoms with Gasteiger partial charge in [0.15, 0.2) is 0 Å². The van der Waals surface area contributed by atoms with Gasteiger partial charge >= 0.3 is 6.09 Å². The van der Waals surface area contributed by atoms with E-state index in [0.717, 1.165) is 11.6 Å². The van der Waals surface area contributed by atoms with Gasteiger partial charge < -0.3 is 10.1 Å². The first-order valence-electron chi connectivity index (χ1n) is 6.04. The fourth-order valence-electron chi connectivity index (χ4n) is 2.03. The molecule has 2 aliphatic rings. The van der Waals surface area contributed by atoms with Crippen LogP contribution in [0.15, 0.2) is 0 Å². The molecule has 2 N–H and O–H groups in total. The number of amides is 2. The van der Waals surface area contributed by atoms with Gasteiger partial charge in [0.1, 0.15) is 6.61 Å². The molecular formula is C11H19N3O3S. The zero-order chi connectivity index (χ0) is 13.2. The van der Waals surface area contributed by atoms with Crippen LogP contribution in [0.1, 0.15) is 13.8 Å². The molecule has 0 aromatic heterocycles. The zero-order valence-corrected chi connectivity index (χ0v) is 11.5. The third-order valence-corrected chi connectivity index (χ3v) is 4.16. The summed E-state index contributed by atoms with van der Waals surface area (Å²) in [5.74, 6) is 1.62. The number of carbonyl (C=O) groups excluding carboxylic acids is 2. The van der Waals surface area contributed by atoms with Crippen LogP contribution in [0, 0.1) is 0 Å². The molecule has 6 nitrogen and oxygen atoms in total. The summed E-state index contributed by atoms with van der Waals surface area (Å²) in [5.41, 5.74) is -0.422. The predicted octanol–water partition coefficient (Wildman–Crippen LogP) is -0.00410. The van der Waals surface area contributed by atoms with Gasteiger partial charge in [0.05, 0.1) is 18.1 Å². The molecule has 0 radical (unpaired) electrons. The SMILES string of the molecule is CC(C)(CNC(=O)C1CSCN1)N1CCOC1=O. The molecule has 18 heavy (non-hydrogen) atoms. The fourth-order valence-corrected chi connectivity index (χ4v) is 2.97. The van der Waals surface area contributed by atoms with Crippen LogP contribution in [-0.4, -0.2) is 59.8 Å². The Morgan fingerprint density at radius 1 is 1.67 bits per heavy atom. The van der Waals surface area contributed by atoms with Crippen molar-refractivity contribution in [3.63, 3.8) is 0 Å². The van der Waals surface area contributed by atoms with Crippen molar-refractivity contribution >= 4 is 23.8 Å². The monoisotopic (exact) mass is 273 g/mol. The molecule has 0 saturated carbocycles. The summed E-state index contributed by atoms with van der Waals surface area (Å²) in [5, 5.41) is 6.01. The summed E-state index contributed by atoms with van der Waals surface area (Å²) in [6, 6.07) is -0.115. The van der Waals surface area contributed by atoms with E-state index in [1.807, 2.05) is 13.8 Å². The van der Waals surface area contributed by atoms with Crippen LogP contribution >= 0.6 is 11.8 Å². The molecule has 2 fully saturated rings. The average molecular weight is 273 g/mol. The van der Waals surface area contributed by atoms with Crippen LogP contribution in [-0.2, 0) is 9.53 Å². The molecule has 0 aromatic rings. The zero-order valence-electron chi connectivity index (χ0n) is 10.7. The standard InChI is InChI=1S/C11H19N3O3S/c1-11(2,14-3-4-17-10(14)16)6-12-9(15)8-5-18-7-13-8/h8,13H,3-7H2,1-2H3,(H,12,15). The lowest BCUT2D eigenvalue weighted by Crippen LogP contribution is -2.54. The van der Waals surface area contributed by atoms with Crippen molar-refractivity contribution in [1.29, 1.82) is 0 Å². The molecule has 0 aliphatic carbocycles. The summed E-state index contributed by atoms with van der Waals surface area (Å²) in [6.45, 7) is 5.30. The normalized spacial score (nSPS) is 24.2. The Bertz CT molecular complexity index is 342. The van der Waals surface area contributed by atoms with Crippen molar-refractivity contribution in [2.75, 3.05) is 31.3 Å². The quantitative estimate of drug-likeness (QED) is 0.754. The number of thioether (sulfide) groups is 1. The average Bonchev–Trinajstić information content (AvgIpc) is 2.96. The fraction of sp³-hybridized carbons (Fsp3) is 0.818. The molecule has 7 heteroatoms. The van der Waals surface area contributed by atoms with Crippen LogP contribution < -0.4 is 10.6 Å². The molecule has 2 aliphatic heterocycles. The lowest BCUT2D eigenvalue weighted by Gasteiger charge is -2.33. The largest absolute Gasteiger partial charge is 0.448 e. The third kappa shape index (κ3) is 2.89. The molecule has 102 valence electrons. The van der Waals surface area contributed by atoms with Gasteiger partial charge in [-0.25, -0.2) is 4.79 Å². The summed E-state index contributed by atoms with van der Waals surface area (Å²) >= 11 is 1.71. The highest BCUT2D eigenvalue weighted by Crippen LogP contribution is 2.18. The lowest BCUT2D eigenvalue weighted by molar-refractivity contribution is -0.122.